The van der Waals surface area contributed by atoms with Gasteiger partial charge in [0.2, 0.25) is 11.9 Å². The topological polar surface area (TPSA) is 87.9 Å². The van der Waals surface area contributed by atoms with E-state index in [2.05, 4.69) is 15.0 Å². The van der Waals surface area contributed by atoms with Gasteiger partial charge in [-0.05, 0) is 12.8 Å². The molecule has 0 bridgehead atoms. The fourth-order valence-corrected chi connectivity index (χ4v) is 1.45. The van der Waals surface area contributed by atoms with Crippen molar-refractivity contribution in [1.29, 1.82) is 0 Å². The monoisotopic (exact) mass is 181 g/mol. The van der Waals surface area contributed by atoms with Crippen LogP contribution < -0.4 is 16.3 Å². The van der Waals surface area contributed by atoms with Gasteiger partial charge in [-0.2, -0.15) is 9.97 Å². The Bertz CT molecular complexity index is 354. The normalized spacial score (nSPS) is 16.5. The van der Waals surface area contributed by atoms with Gasteiger partial charge in [0.05, 0.1) is 0 Å². The molecule has 0 radical (unpaired) electrons. The lowest BCUT2D eigenvalue weighted by atomic mass is 10.4. The fourth-order valence-electron chi connectivity index (χ4n) is 1.45. The minimum absolute atomic E-state index is 0.127. The van der Waals surface area contributed by atoms with Gasteiger partial charge >= 0.3 is 5.69 Å². The van der Waals surface area contributed by atoms with E-state index in [4.69, 9.17) is 5.73 Å². The highest BCUT2D eigenvalue weighted by atomic mass is 16.1. The summed E-state index contributed by atoms with van der Waals surface area (Å²) >= 11 is 0. The van der Waals surface area contributed by atoms with E-state index in [9.17, 15) is 4.79 Å². The fraction of sp³-hybridized carbons (Fsp3) is 0.571. The van der Waals surface area contributed by atoms with Crippen molar-refractivity contribution in [3.05, 3.63) is 10.5 Å². The number of hydrogen-bond acceptors (Lipinski definition) is 5. The Morgan fingerprint density at radius 3 is 2.62 bits per heavy atom. The number of aromatic amines is 1. The van der Waals surface area contributed by atoms with Crippen LogP contribution in [0.2, 0.25) is 0 Å². The van der Waals surface area contributed by atoms with Crippen LogP contribution in [0, 0.1) is 0 Å². The van der Waals surface area contributed by atoms with Crippen molar-refractivity contribution in [3.8, 4) is 0 Å². The van der Waals surface area contributed by atoms with Gasteiger partial charge in [0, 0.05) is 13.1 Å². The number of nitrogens with zero attached hydrogens (tertiary/aromatic N) is 3. The molecule has 2 heterocycles. The second-order valence-corrected chi connectivity index (χ2v) is 3.03. The molecule has 6 nitrogen and oxygen atoms in total. The maximum absolute atomic E-state index is 11.0. The molecule has 0 unspecified atom stereocenters. The minimum Gasteiger partial charge on any atom is -0.369 e. The van der Waals surface area contributed by atoms with Crippen LogP contribution in [-0.2, 0) is 0 Å². The number of nitrogens with two attached hydrogens (primary N) is 1. The van der Waals surface area contributed by atoms with Crippen molar-refractivity contribution in [2.45, 2.75) is 12.8 Å². The Labute approximate surface area is 74.8 Å². The summed E-state index contributed by atoms with van der Waals surface area (Å²) in [7, 11) is 0. The molecule has 6 heteroatoms. The molecule has 0 amide bonds. The Kier molecular flexibility index (Phi) is 1.88. The van der Waals surface area contributed by atoms with E-state index in [1.807, 2.05) is 4.90 Å². The van der Waals surface area contributed by atoms with Crippen LogP contribution in [0.4, 0.5) is 11.9 Å². The van der Waals surface area contributed by atoms with E-state index >= 15 is 0 Å². The third-order valence-corrected chi connectivity index (χ3v) is 2.05. The van der Waals surface area contributed by atoms with Gasteiger partial charge in [-0.1, -0.05) is 0 Å². The first kappa shape index (κ1) is 8.03. The van der Waals surface area contributed by atoms with Crippen molar-refractivity contribution in [2.75, 3.05) is 23.7 Å². The molecule has 1 fully saturated rings. The molecule has 1 saturated heterocycles. The zero-order chi connectivity index (χ0) is 9.26. The summed E-state index contributed by atoms with van der Waals surface area (Å²) < 4.78 is 0. The Hall–Kier alpha value is -1.59. The number of aromatic nitrogens is 3. The summed E-state index contributed by atoms with van der Waals surface area (Å²) in [6.45, 7) is 1.81. The van der Waals surface area contributed by atoms with Gasteiger partial charge in [0.1, 0.15) is 0 Å². The van der Waals surface area contributed by atoms with E-state index in [1.165, 1.54) is 0 Å². The first-order chi connectivity index (χ1) is 6.25. The lowest BCUT2D eigenvalue weighted by Crippen LogP contribution is -2.25. The Morgan fingerprint density at radius 2 is 2.00 bits per heavy atom. The molecule has 3 N–H and O–H groups in total. The molecule has 0 aromatic carbocycles. The molecule has 1 aromatic heterocycles. The van der Waals surface area contributed by atoms with Gasteiger partial charge in [-0.15, -0.1) is 0 Å². The standard InChI is InChI=1S/C7H11N5O/c8-5-9-6(11-7(13)10-5)12-3-1-2-4-12/h1-4H2,(H3,8,9,10,11,13). The highest BCUT2D eigenvalue weighted by Gasteiger charge is 2.15. The van der Waals surface area contributed by atoms with E-state index < -0.39 is 5.69 Å². The molecule has 13 heavy (non-hydrogen) atoms. The summed E-state index contributed by atoms with van der Waals surface area (Å²) in [5.74, 6) is 0.570. The molecular weight excluding hydrogens is 170 g/mol. The zero-order valence-corrected chi connectivity index (χ0v) is 7.16. The minimum atomic E-state index is -0.436. The van der Waals surface area contributed by atoms with Crippen LogP contribution in [0.25, 0.3) is 0 Å². The third kappa shape index (κ3) is 1.61. The van der Waals surface area contributed by atoms with Crippen LogP contribution in [-0.4, -0.2) is 28.0 Å². The molecular formula is C7H11N5O. The van der Waals surface area contributed by atoms with Gasteiger partial charge in [-0.25, -0.2) is 4.79 Å². The predicted molar refractivity (Wildman–Crippen MR) is 48.5 cm³/mol. The zero-order valence-electron chi connectivity index (χ0n) is 7.16. The highest BCUT2D eigenvalue weighted by Crippen LogP contribution is 2.13. The molecule has 1 aromatic rings. The van der Waals surface area contributed by atoms with Crippen molar-refractivity contribution < 1.29 is 0 Å². The average molecular weight is 181 g/mol. The molecule has 2 rings (SSSR count). The lowest BCUT2D eigenvalue weighted by Gasteiger charge is -2.13. The van der Waals surface area contributed by atoms with Crippen molar-refractivity contribution >= 4 is 11.9 Å². The summed E-state index contributed by atoms with van der Waals surface area (Å²) in [6, 6.07) is 0. The second kappa shape index (κ2) is 3.04. The number of H-pyrrole nitrogens is 1. The van der Waals surface area contributed by atoms with Gasteiger partial charge in [0.15, 0.2) is 0 Å². The first-order valence-electron chi connectivity index (χ1n) is 4.24. The van der Waals surface area contributed by atoms with E-state index in [1.54, 1.807) is 0 Å². The Balaban J connectivity index is 2.33. The molecule has 0 saturated carbocycles. The smallest absolute Gasteiger partial charge is 0.350 e. The van der Waals surface area contributed by atoms with Crippen LogP contribution in [0.1, 0.15) is 12.8 Å². The highest BCUT2D eigenvalue weighted by molar-refractivity contribution is 5.33. The molecule has 1 aliphatic rings. The van der Waals surface area contributed by atoms with Crippen molar-refractivity contribution in [2.24, 2.45) is 0 Å². The maximum Gasteiger partial charge on any atom is 0.350 e. The Morgan fingerprint density at radius 1 is 1.31 bits per heavy atom. The lowest BCUT2D eigenvalue weighted by molar-refractivity contribution is 0.867. The largest absolute Gasteiger partial charge is 0.369 e. The van der Waals surface area contributed by atoms with E-state index in [0.29, 0.717) is 5.95 Å². The molecule has 0 spiro atoms. The summed E-state index contributed by atoms with van der Waals surface area (Å²) in [5.41, 5.74) is 4.96. The van der Waals surface area contributed by atoms with Crippen LogP contribution in [0.3, 0.4) is 0 Å². The average Bonchev–Trinajstić information content (AvgIpc) is 2.53. The summed E-state index contributed by atoms with van der Waals surface area (Å²) in [5, 5.41) is 0. The molecule has 0 atom stereocenters. The van der Waals surface area contributed by atoms with Gasteiger partial charge in [0.25, 0.3) is 0 Å². The van der Waals surface area contributed by atoms with E-state index in [-0.39, 0.29) is 5.95 Å². The summed E-state index contributed by atoms with van der Waals surface area (Å²) in [6.07, 6.45) is 2.24. The number of nitrogen functional groups attached to an aromatic ring is 1. The number of hydrogen-bond donors (Lipinski definition) is 2. The molecule has 1 aliphatic heterocycles. The SMILES string of the molecule is Nc1nc(N2CCCC2)nc(=O)[nH]1. The second-order valence-electron chi connectivity index (χ2n) is 3.03. The molecule has 0 aliphatic carbocycles. The van der Waals surface area contributed by atoms with Crippen molar-refractivity contribution in [1.82, 2.24) is 15.0 Å². The van der Waals surface area contributed by atoms with Crippen LogP contribution in [0.15, 0.2) is 4.79 Å². The maximum atomic E-state index is 11.0. The number of rotatable bonds is 1. The number of anilines is 2. The van der Waals surface area contributed by atoms with Crippen LogP contribution >= 0.6 is 0 Å². The predicted octanol–water partition coefficient (Wildman–Crippen LogP) is -0.653. The first-order valence-corrected chi connectivity index (χ1v) is 4.24. The van der Waals surface area contributed by atoms with Crippen molar-refractivity contribution in [3.63, 3.8) is 0 Å². The van der Waals surface area contributed by atoms with Crippen LogP contribution in [0.5, 0.6) is 0 Å². The summed E-state index contributed by atoms with van der Waals surface area (Å²) in [4.78, 5) is 22.9. The molecule has 70 valence electrons. The third-order valence-electron chi connectivity index (χ3n) is 2.05. The van der Waals surface area contributed by atoms with Gasteiger partial charge < -0.3 is 10.6 Å². The van der Waals surface area contributed by atoms with E-state index in [0.717, 1.165) is 25.9 Å². The van der Waals surface area contributed by atoms with Gasteiger partial charge in [-0.3, -0.25) is 4.98 Å². The quantitative estimate of drug-likeness (QED) is 0.601. The number of nitrogens with one attached hydrogen (secondary N) is 1.